The minimum atomic E-state index is -1.15. The molecule has 190 valence electrons. The molecule has 0 N–H and O–H groups in total. The molecule has 0 aliphatic heterocycles. The predicted molar refractivity (Wildman–Crippen MR) is 128 cm³/mol. The average molecular weight is 518 g/mol. The van der Waals surface area contributed by atoms with E-state index in [1.54, 1.807) is 20.8 Å². The van der Waals surface area contributed by atoms with Gasteiger partial charge in [-0.15, -0.1) is 11.3 Å². The van der Waals surface area contributed by atoms with Gasteiger partial charge in [0.1, 0.15) is 27.5 Å². The highest BCUT2D eigenvalue weighted by Gasteiger charge is 2.51. The number of hydrogen-bond acceptors (Lipinski definition) is 9. The molecule has 3 heterocycles. The molecule has 1 aliphatic rings. The third-order valence-electron chi connectivity index (χ3n) is 5.58. The lowest BCUT2D eigenvalue weighted by molar-refractivity contribution is 0.0505. The van der Waals surface area contributed by atoms with E-state index in [9.17, 15) is 18.4 Å². The molecule has 3 aromatic heterocycles. The van der Waals surface area contributed by atoms with Crippen molar-refractivity contribution in [3.8, 4) is 10.6 Å². The number of pyridine rings is 1. The fourth-order valence-corrected chi connectivity index (χ4v) is 4.78. The summed E-state index contributed by atoms with van der Waals surface area (Å²) in [6, 6.07) is 2.71. The van der Waals surface area contributed by atoms with Crippen LogP contribution in [0.1, 0.15) is 49.0 Å². The number of esters is 1. The number of anilines is 1. The molecule has 9 nitrogen and oxygen atoms in total. The molecule has 4 rings (SSSR count). The molecule has 0 radical (unpaired) electrons. The van der Waals surface area contributed by atoms with Crippen LogP contribution in [0.2, 0.25) is 0 Å². The Morgan fingerprint density at radius 3 is 2.44 bits per heavy atom. The molecule has 0 atom stereocenters. The summed E-state index contributed by atoms with van der Waals surface area (Å²) in [4.78, 5) is 43.4. The van der Waals surface area contributed by atoms with Crippen molar-refractivity contribution in [3.63, 3.8) is 0 Å². The van der Waals surface area contributed by atoms with Crippen molar-refractivity contribution in [2.75, 3.05) is 18.6 Å². The molecule has 1 amide bonds. The van der Waals surface area contributed by atoms with Crippen molar-refractivity contribution in [3.05, 3.63) is 53.3 Å². The van der Waals surface area contributed by atoms with Gasteiger partial charge in [-0.25, -0.2) is 38.2 Å². The zero-order valence-corrected chi connectivity index (χ0v) is 21.0. The first-order chi connectivity index (χ1) is 17.0. The minimum Gasteiger partial charge on any atom is -0.465 e. The second-order valence-electron chi connectivity index (χ2n) is 9.48. The zero-order valence-electron chi connectivity index (χ0n) is 20.2. The molecule has 0 aromatic carbocycles. The first kappa shape index (κ1) is 25.5. The number of rotatable bonds is 6. The highest BCUT2D eigenvalue weighted by molar-refractivity contribution is 7.16. The normalized spacial score (nSPS) is 19.3. The zero-order chi connectivity index (χ0) is 26.1. The smallest absolute Gasteiger partial charge is 0.417 e. The van der Waals surface area contributed by atoms with Crippen LogP contribution in [0.5, 0.6) is 0 Å². The number of aromatic nitrogens is 4. The highest BCUT2D eigenvalue weighted by atomic mass is 32.1. The highest BCUT2D eigenvalue weighted by Crippen LogP contribution is 2.46. The van der Waals surface area contributed by atoms with Gasteiger partial charge in [0.15, 0.2) is 0 Å². The van der Waals surface area contributed by atoms with E-state index in [1.807, 2.05) is 0 Å². The Labute approximate surface area is 210 Å². The van der Waals surface area contributed by atoms with Gasteiger partial charge in [-0.3, -0.25) is 4.98 Å². The Hall–Kier alpha value is -3.54. The molecule has 0 bridgehead atoms. The first-order valence-corrected chi connectivity index (χ1v) is 12.0. The summed E-state index contributed by atoms with van der Waals surface area (Å²) < 4.78 is 39.1. The van der Waals surface area contributed by atoms with E-state index < -0.39 is 35.1 Å². The van der Waals surface area contributed by atoms with Crippen LogP contribution in [0.15, 0.2) is 36.9 Å². The van der Waals surface area contributed by atoms with Crippen molar-refractivity contribution < 1.29 is 27.8 Å². The summed E-state index contributed by atoms with van der Waals surface area (Å²) in [5.41, 5.74) is -1.29. The number of ether oxygens (including phenoxy) is 2. The van der Waals surface area contributed by atoms with E-state index in [2.05, 4.69) is 19.9 Å². The summed E-state index contributed by atoms with van der Waals surface area (Å²) in [6.07, 6.45) is 3.81. The summed E-state index contributed by atoms with van der Waals surface area (Å²) in [7, 11) is 1.28. The summed E-state index contributed by atoms with van der Waals surface area (Å²) in [5, 5.41) is 0.483. The SMILES string of the molecule is COC(=O)c1cnc(-c2cnc(N(CC3(c4ncccc4F)CC(F)C3)C(=O)OC(C)(C)C)nc2)s1. The quantitative estimate of drug-likeness (QED) is 0.432. The van der Waals surface area contributed by atoms with Gasteiger partial charge in [0.05, 0.1) is 19.0 Å². The largest absolute Gasteiger partial charge is 0.465 e. The number of hydrogen-bond donors (Lipinski definition) is 0. The van der Waals surface area contributed by atoms with Crippen LogP contribution in [-0.2, 0) is 14.9 Å². The first-order valence-electron chi connectivity index (χ1n) is 11.1. The van der Waals surface area contributed by atoms with Gasteiger partial charge in [-0.05, 0) is 45.7 Å². The summed E-state index contributed by atoms with van der Waals surface area (Å²) in [5.74, 6) is -1.09. The van der Waals surface area contributed by atoms with E-state index >= 15 is 0 Å². The standard InChI is InChI=1S/C24H25F2N5O4S/c1-23(2,3)35-22(33)31(13-24(8-15(25)9-24)18-16(26)6-5-7-27-18)21-29-10-14(11-30-21)19-28-12-17(36-19)20(32)34-4/h5-7,10-12,15H,8-9,13H2,1-4H3. The van der Waals surface area contributed by atoms with E-state index in [-0.39, 0.29) is 31.0 Å². The van der Waals surface area contributed by atoms with Gasteiger partial charge >= 0.3 is 12.1 Å². The third-order valence-corrected chi connectivity index (χ3v) is 6.61. The maximum Gasteiger partial charge on any atom is 0.417 e. The van der Waals surface area contributed by atoms with Gasteiger partial charge in [0.2, 0.25) is 5.95 Å². The maximum atomic E-state index is 14.7. The Bertz CT molecular complexity index is 1260. The van der Waals surface area contributed by atoms with Crippen molar-refractivity contribution in [2.45, 2.75) is 50.8 Å². The van der Waals surface area contributed by atoms with Crippen molar-refractivity contribution >= 4 is 29.3 Å². The monoisotopic (exact) mass is 517 g/mol. The molecule has 0 saturated heterocycles. The number of thiazole rings is 1. The lowest BCUT2D eigenvalue weighted by Crippen LogP contribution is -2.54. The van der Waals surface area contributed by atoms with Crippen LogP contribution in [0.4, 0.5) is 19.5 Å². The number of carbonyl (C=O) groups is 2. The van der Waals surface area contributed by atoms with Gasteiger partial charge in [0, 0.05) is 36.1 Å². The van der Waals surface area contributed by atoms with Gasteiger partial charge < -0.3 is 9.47 Å². The minimum absolute atomic E-state index is 0.00392. The molecule has 1 fully saturated rings. The van der Waals surface area contributed by atoms with Crippen molar-refractivity contribution in [1.29, 1.82) is 0 Å². The fraction of sp³-hybridized carbons (Fsp3) is 0.417. The Morgan fingerprint density at radius 2 is 1.86 bits per heavy atom. The second kappa shape index (κ2) is 9.84. The molecule has 1 aliphatic carbocycles. The van der Waals surface area contributed by atoms with Crippen molar-refractivity contribution in [2.24, 2.45) is 0 Å². The lowest BCUT2D eigenvalue weighted by Gasteiger charge is -2.45. The molecule has 1 saturated carbocycles. The molecule has 12 heteroatoms. The second-order valence-corrected chi connectivity index (χ2v) is 10.5. The van der Waals surface area contributed by atoms with Gasteiger partial charge in [0.25, 0.3) is 0 Å². The van der Waals surface area contributed by atoms with Crippen LogP contribution in [-0.4, -0.2) is 57.4 Å². The van der Waals surface area contributed by atoms with Crippen LogP contribution in [0.3, 0.4) is 0 Å². The number of amides is 1. The van der Waals surface area contributed by atoms with E-state index in [0.29, 0.717) is 15.4 Å². The van der Waals surface area contributed by atoms with Crippen LogP contribution >= 0.6 is 11.3 Å². The van der Waals surface area contributed by atoms with E-state index in [1.165, 1.54) is 48.9 Å². The Kier molecular flexibility index (Phi) is 6.98. The molecular formula is C24H25F2N5O4S. The predicted octanol–water partition coefficient (Wildman–Crippen LogP) is 4.73. The molecule has 0 unspecified atom stereocenters. The van der Waals surface area contributed by atoms with Gasteiger partial charge in [-0.2, -0.15) is 0 Å². The summed E-state index contributed by atoms with van der Waals surface area (Å²) in [6.45, 7) is 5.01. The number of methoxy groups -OCH3 is 1. The van der Waals surface area contributed by atoms with E-state index in [4.69, 9.17) is 9.47 Å². The fourth-order valence-electron chi connectivity index (χ4n) is 3.97. The maximum absolute atomic E-state index is 14.7. The van der Waals surface area contributed by atoms with Crippen LogP contribution < -0.4 is 4.90 Å². The molecule has 0 spiro atoms. The topological polar surface area (TPSA) is 107 Å². The molecular weight excluding hydrogens is 492 g/mol. The van der Waals surface area contributed by atoms with Crippen LogP contribution in [0.25, 0.3) is 10.6 Å². The van der Waals surface area contributed by atoms with Gasteiger partial charge in [-0.1, -0.05) is 0 Å². The van der Waals surface area contributed by atoms with Crippen molar-refractivity contribution in [1.82, 2.24) is 19.9 Å². The lowest BCUT2D eigenvalue weighted by atomic mass is 9.64. The van der Waals surface area contributed by atoms with E-state index in [0.717, 1.165) is 11.3 Å². The Balaban J connectivity index is 1.67. The number of nitrogens with zero attached hydrogens (tertiary/aromatic N) is 5. The molecule has 36 heavy (non-hydrogen) atoms. The summed E-state index contributed by atoms with van der Waals surface area (Å²) >= 11 is 1.11. The number of halogens is 2. The molecule has 3 aromatic rings. The number of carbonyl (C=O) groups excluding carboxylic acids is 2. The number of alkyl halides is 1. The van der Waals surface area contributed by atoms with Crippen LogP contribution in [0, 0.1) is 5.82 Å². The average Bonchev–Trinajstić information content (AvgIpc) is 3.30. The Morgan fingerprint density at radius 1 is 1.17 bits per heavy atom. The third kappa shape index (κ3) is 5.32.